The normalized spacial score (nSPS) is 12.8. The van der Waals surface area contributed by atoms with Gasteiger partial charge in [0.2, 0.25) is 0 Å². The standard InChI is InChI=1S/C25H18BrClFNO5/c26-20-10-14(25(32)33)3-5-21(20)29-23(30)12-34-22-6-4-17(27)11-19(22)24(31)16-7-15(13-1-2-13)8-18(28)9-16/h3-11,13H,1-2,12H2,(H,29,30)(H,32,33). The van der Waals surface area contributed by atoms with Crippen LogP contribution in [0, 0.1) is 5.82 Å². The molecule has 0 radical (unpaired) electrons. The molecule has 34 heavy (non-hydrogen) atoms. The highest BCUT2D eigenvalue weighted by Crippen LogP contribution is 2.41. The van der Waals surface area contributed by atoms with Crippen molar-refractivity contribution in [2.75, 3.05) is 11.9 Å². The summed E-state index contributed by atoms with van der Waals surface area (Å²) >= 11 is 9.31. The lowest BCUT2D eigenvalue weighted by Crippen LogP contribution is -2.21. The first-order valence-corrected chi connectivity index (χ1v) is 11.5. The topological polar surface area (TPSA) is 92.7 Å². The van der Waals surface area contributed by atoms with Crippen molar-refractivity contribution in [3.8, 4) is 5.75 Å². The van der Waals surface area contributed by atoms with Crippen LogP contribution in [0.5, 0.6) is 5.75 Å². The first kappa shape index (κ1) is 23.9. The fourth-order valence-electron chi connectivity index (χ4n) is 3.44. The van der Waals surface area contributed by atoms with Crippen LogP contribution < -0.4 is 10.1 Å². The quantitative estimate of drug-likeness (QED) is 0.335. The summed E-state index contributed by atoms with van der Waals surface area (Å²) < 4.78 is 20.1. The van der Waals surface area contributed by atoms with Crippen molar-refractivity contribution in [3.05, 3.63) is 92.2 Å². The molecule has 1 aliphatic carbocycles. The van der Waals surface area contributed by atoms with Gasteiger partial charge < -0.3 is 15.2 Å². The van der Waals surface area contributed by atoms with Crippen LogP contribution in [-0.2, 0) is 4.79 Å². The van der Waals surface area contributed by atoms with E-state index in [-0.39, 0.29) is 28.4 Å². The van der Waals surface area contributed by atoms with E-state index in [1.54, 1.807) is 6.07 Å². The smallest absolute Gasteiger partial charge is 0.335 e. The van der Waals surface area contributed by atoms with E-state index >= 15 is 0 Å². The Morgan fingerprint density at radius 3 is 2.50 bits per heavy atom. The zero-order valence-corrected chi connectivity index (χ0v) is 20.0. The minimum absolute atomic E-state index is 0.0626. The maximum atomic E-state index is 14.1. The van der Waals surface area contributed by atoms with Crippen molar-refractivity contribution >= 4 is 50.9 Å². The third-order valence-electron chi connectivity index (χ3n) is 5.27. The molecule has 1 saturated carbocycles. The van der Waals surface area contributed by atoms with Crippen molar-refractivity contribution in [2.45, 2.75) is 18.8 Å². The number of carbonyl (C=O) groups excluding carboxylic acids is 2. The summed E-state index contributed by atoms with van der Waals surface area (Å²) in [4.78, 5) is 36.6. The number of amides is 1. The first-order valence-electron chi connectivity index (χ1n) is 10.3. The Morgan fingerprint density at radius 2 is 1.82 bits per heavy atom. The van der Waals surface area contributed by atoms with Crippen molar-refractivity contribution in [1.82, 2.24) is 0 Å². The van der Waals surface area contributed by atoms with Gasteiger partial charge in [0.25, 0.3) is 5.91 Å². The fraction of sp³-hybridized carbons (Fsp3) is 0.160. The molecule has 174 valence electrons. The molecule has 1 amide bonds. The van der Waals surface area contributed by atoms with Crippen LogP contribution in [-0.4, -0.2) is 29.4 Å². The SMILES string of the molecule is O=C(COc1ccc(Cl)cc1C(=O)c1cc(F)cc(C2CC2)c1)Nc1ccc(C(=O)O)cc1Br. The predicted molar refractivity (Wildman–Crippen MR) is 128 cm³/mol. The Bertz CT molecular complexity index is 1310. The zero-order valence-electron chi connectivity index (χ0n) is 17.6. The maximum Gasteiger partial charge on any atom is 0.335 e. The lowest BCUT2D eigenvalue weighted by atomic mass is 9.99. The van der Waals surface area contributed by atoms with E-state index in [9.17, 15) is 18.8 Å². The molecule has 3 aromatic rings. The van der Waals surface area contributed by atoms with Gasteiger partial charge in [-0.1, -0.05) is 11.6 Å². The average molecular weight is 547 g/mol. The highest BCUT2D eigenvalue weighted by atomic mass is 79.9. The minimum atomic E-state index is -1.09. The summed E-state index contributed by atoms with van der Waals surface area (Å²) in [5.41, 5.74) is 1.50. The van der Waals surface area contributed by atoms with Gasteiger partial charge in [-0.05, 0) is 94.9 Å². The molecule has 1 aliphatic rings. The van der Waals surface area contributed by atoms with E-state index in [2.05, 4.69) is 21.2 Å². The van der Waals surface area contributed by atoms with E-state index in [1.165, 1.54) is 48.5 Å². The number of carbonyl (C=O) groups is 3. The van der Waals surface area contributed by atoms with Crippen LogP contribution >= 0.6 is 27.5 Å². The highest BCUT2D eigenvalue weighted by Gasteiger charge is 2.26. The molecule has 0 bridgehead atoms. The monoisotopic (exact) mass is 545 g/mol. The van der Waals surface area contributed by atoms with Gasteiger partial charge in [-0.25, -0.2) is 9.18 Å². The molecule has 4 rings (SSSR count). The Labute approximate surface area is 207 Å². The number of hydrogen-bond acceptors (Lipinski definition) is 4. The number of hydrogen-bond donors (Lipinski definition) is 2. The van der Waals surface area contributed by atoms with Gasteiger partial charge in [-0.2, -0.15) is 0 Å². The van der Waals surface area contributed by atoms with E-state index in [0.717, 1.165) is 18.4 Å². The van der Waals surface area contributed by atoms with Gasteiger partial charge in [0.05, 0.1) is 16.8 Å². The number of benzene rings is 3. The first-order chi connectivity index (χ1) is 16.2. The molecule has 1 fully saturated rings. The van der Waals surface area contributed by atoms with E-state index in [4.69, 9.17) is 21.4 Å². The van der Waals surface area contributed by atoms with Gasteiger partial charge in [-0.15, -0.1) is 0 Å². The second kappa shape index (κ2) is 9.95. The Kier molecular flexibility index (Phi) is 7.00. The molecule has 0 aliphatic heterocycles. The summed E-state index contributed by atoms with van der Waals surface area (Å²) in [6.45, 7) is -0.425. The molecule has 0 saturated heterocycles. The summed E-state index contributed by atoms with van der Waals surface area (Å²) in [6.07, 6.45) is 1.93. The van der Waals surface area contributed by atoms with Crippen molar-refractivity contribution in [3.63, 3.8) is 0 Å². The number of aromatic carboxylic acids is 1. The molecule has 0 unspecified atom stereocenters. The van der Waals surface area contributed by atoms with E-state index < -0.39 is 30.1 Å². The van der Waals surface area contributed by atoms with Crippen LogP contribution in [0.25, 0.3) is 0 Å². The Balaban J connectivity index is 1.50. The summed E-state index contributed by atoms with van der Waals surface area (Å²) in [5, 5.41) is 11.9. The average Bonchev–Trinajstić information content (AvgIpc) is 3.64. The third kappa shape index (κ3) is 5.63. The fourth-order valence-corrected chi connectivity index (χ4v) is 4.09. The van der Waals surface area contributed by atoms with Crippen LogP contribution in [0.1, 0.15) is 50.6 Å². The molecule has 0 spiro atoms. The van der Waals surface area contributed by atoms with Crippen LogP contribution in [0.2, 0.25) is 5.02 Å². The number of halogens is 3. The predicted octanol–water partition coefficient (Wildman–Crippen LogP) is 6.07. The van der Waals surface area contributed by atoms with Crippen LogP contribution in [0.3, 0.4) is 0 Å². The zero-order chi connectivity index (χ0) is 24.4. The van der Waals surface area contributed by atoms with Crippen molar-refractivity contribution in [2.24, 2.45) is 0 Å². The van der Waals surface area contributed by atoms with Gasteiger partial charge >= 0.3 is 5.97 Å². The Hall–Kier alpha value is -3.23. The molecule has 3 aromatic carbocycles. The van der Waals surface area contributed by atoms with Gasteiger partial charge in [-0.3, -0.25) is 9.59 Å². The third-order valence-corrected chi connectivity index (χ3v) is 6.16. The number of carboxylic acid groups (broad SMARTS) is 1. The van der Waals surface area contributed by atoms with Crippen LogP contribution in [0.15, 0.2) is 59.1 Å². The lowest BCUT2D eigenvalue weighted by molar-refractivity contribution is -0.118. The maximum absolute atomic E-state index is 14.1. The van der Waals surface area contributed by atoms with E-state index in [1.807, 2.05) is 0 Å². The molecule has 6 nitrogen and oxygen atoms in total. The summed E-state index contributed by atoms with van der Waals surface area (Å²) in [5.74, 6) is -2.18. The van der Waals surface area contributed by atoms with Gasteiger partial charge in [0.15, 0.2) is 12.4 Å². The van der Waals surface area contributed by atoms with Crippen molar-refractivity contribution < 1.29 is 28.6 Å². The molecule has 0 heterocycles. The van der Waals surface area contributed by atoms with E-state index in [0.29, 0.717) is 15.2 Å². The molecular weight excluding hydrogens is 529 g/mol. The van der Waals surface area contributed by atoms with Gasteiger partial charge in [0.1, 0.15) is 11.6 Å². The van der Waals surface area contributed by atoms with Gasteiger partial charge in [0, 0.05) is 15.1 Å². The number of ketones is 1. The summed E-state index contributed by atoms with van der Waals surface area (Å²) in [6, 6.07) is 12.9. The number of carboxylic acids is 1. The van der Waals surface area contributed by atoms with Crippen molar-refractivity contribution in [1.29, 1.82) is 0 Å². The Morgan fingerprint density at radius 1 is 1.06 bits per heavy atom. The highest BCUT2D eigenvalue weighted by molar-refractivity contribution is 9.10. The number of rotatable bonds is 8. The number of nitrogens with one attached hydrogen (secondary N) is 1. The molecule has 0 aromatic heterocycles. The number of anilines is 1. The minimum Gasteiger partial charge on any atom is -0.483 e. The second-order valence-corrected chi connectivity index (χ2v) is 9.14. The molecule has 2 N–H and O–H groups in total. The summed E-state index contributed by atoms with van der Waals surface area (Å²) in [7, 11) is 0. The lowest BCUT2D eigenvalue weighted by Gasteiger charge is -2.13. The molecule has 0 atom stereocenters. The molecular formula is C25H18BrClFNO5. The largest absolute Gasteiger partial charge is 0.483 e. The second-order valence-electron chi connectivity index (χ2n) is 7.85. The number of ether oxygens (including phenoxy) is 1. The molecule has 9 heteroatoms. The van der Waals surface area contributed by atoms with Crippen LogP contribution in [0.4, 0.5) is 10.1 Å².